The third kappa shape index (κ3) is 3.85. The second-order valence-corrected chi connectivity index (χ2v) is 5.73. The highest BCUT2D eigenvalue weighted by Gasteiger charge is 2.26. The molecule has 1 rings (SSSR count). The Morgan fingerprint density at radius 2 is 2.17 bits per heavy atom. The summed E-state index contributed by atoms with van der Waals surface area (Å²) in [7, 11) is 0. The molecular formula is C14H17BrN2O. The highest BCUT2D eigenvalue weighted by Crippen LogP contribution is 2.17. The van der Waals surface area contributed by atoms with Gasteiger partial charge in [-0.15, -0.1) is 0 Å². The minimum absolute atomic E-state index is 0.224. The first-order valence-electron chi connectivity index (χ1n) is 5.81. The van der Waals surface area contributed by atoms with Crippen molar-refractivity contribution in [2.24, 2.45) is 5.41 Å². The Bertz CT molecular complexity index is 489. The summed E-state index contributed by atoms with van der Waals surface area (Å²) in [5.41, 5.74) is 1.43. The minimum Gasteiger partial charge on any atom is -0.354 e. The van der Waals surface area contributed by atoms with Crippen molar-refractivity contribution in [3.8, 4) is 6.07 Å². The van der Waals surface area contributed by atoms with Gasteiger partial charge in [0.05, 0.1) is 6.07 Å². The number of aryl methyl sites for hydroxylation is 1. The molecule has 0 atom stereocenters. The van der Waals surface area contributed by atoms with E-state index in [0.717, 1.165) is 10.9 Å². The molecule has 0 aromatic heterocycles. The van der Waals surface area contributed by atoms with E-state index >= 15 is 0 Å². The van der Waals surface area contributed by atoms with Gasteiger partial charge < -0.3 is 5.32 Å². The van der Waals surface area contributed by atoms with Crippen LogP contribution in [0.1, 0.15) is 25.0 Å². The van der Waals surface area contributed by atoms with Crippen LogP contribution in [0.4, 0.5) is 0 Å². The number of benzene rings is 1. The summed E-state index contributed by atoms with van der Waals surface area (Å²) < 4.78 is 1.03. The molecule has 1 N–H and O–H groups in total. The SMILES string of the molecule is Cc1ccc(Br)cc1CCNC(=O)C(C)(C)C#N. The highest BCUT2D eigenvalue weighted by molar-refractivity contribution is 9.10. The lowest BCUT2D eigenvalue weighted by Gasteiger charge is -2.15. The van der Waals surface area contributed by atoms with Gasteiger partial charge in [0.15, 0.2) is 0 Å². The van der Waals surface area contributed by atoms with Gasteiger partial charge in [0.2, 0.25) is 5.91 Å². The van der Waals surface area contributed by atoms with Crippen molar-refractivity contribution in [2.45, 2.75) is 27.2 Å². The van der Waals surface area contributed by atoms with Crippen molar-refractivity contribution in [3.05, 3.63) is 33.8 Å². The van der Waals surface area contributed by atoms with Gasteiger partial charge in [-0.25, -0.2) is 0 Å². The lowest BCUT2D eigenvalue weighted by Crippen LogP contribution is -2.37. The van der Waals surface area contributed by atoms with Gasteiger partial charge in [-0.1, -0.05) is 22.0 Å². The number of amides is 1. The van der Waals surface area contributed by atoms with Gasteiger partial charge >= 0.3 is 0 Å². The molecule has 0 aliphatic rings. The van der Waals surface area contributed by atoms with Crippen LogP contribution in [-0.4, -0.2) is 12.5 Å². The monoisotopic (exact) mass is 308 g/mol. The second-order valence-electron chi connectivity index (χ2n) is 4.81. The Hall–Kier alpha value is -1.34. The zero-order valence-electron chi connectivity index (χ0n) is 10.9. The molecule has 0 fully saturated rings. The Kier molecular flexibility index (Phi) is 4.92. The molecule has 3 nitrogen and oxygen atoms in total. The van der Waals surface area contributed by atoms with Crippen LogP contribution in [0.2, 0.25) is 0 Å². The molecule has 0 radical (unpaired) electrons. The fraction of sp³-hybridized carbons (Fsp3) is 0.429. The van der Waals surface area contributed by atoms with E-state index in [1.165, 1.54) is 11.1 Å². The van der Waals surface area contributed by atoms with Crippen LogP contribution in [0, 0.1) is 23.7 Å². The summed E-state index contributed by atoms with van der Waals surface area (Å²) in [4.78, 5) is 11.7. The van der Waals surface area contributed by atoms with Crippen molar-refractivity contribution in [1.29, 1.82) is 5.26 Å². The van der Waals surface area contributed by atoms with Crippen LogP contribution in [-0.2, 0) is 11.2 Å². The van der Waals surface area contributed by atoms with Crippen LogP contribution in [0.25, 0.3) is 0 Å². The Labute approximate surface area is 116 Å². The molecule has 0 heterocycles. The maximum atomic E-state index is 11.7. The molecule has 0 aliphatic heterocycles. The molecular weight excluding hydrogens is 292 g/mol. The van der Waals surface area contributed by atoms with E-state index < -0.39 is 5.41 Å². The van der Waals surface area contributed by atoms with Gasteiger partial charge in [-0.2, -0.15) is 5.26 Å². The van der Waals surface area contributed by atoms with Gasteiger partial charge in [0.25, 0.3) is 0 Å². The molecule has 0 aliphatic carbocycles. The van der Waals surface area contributed by atoms with E-state index in [-0.39, 0.29) is 5.91 Å². The predicted octanol–water partition coefficient (Wildman–Crippen LogP) is 2.97. The number of nitrogens with one attached hydrogen (secondary N) is 1. The van der Waals surface area contributed by atoms with Gasteiger partial charge in [-0.3, -0.25) is 4.79 Å². The molecule has 0 spiro atoms. The van der Waals surface area contributed by atoms with Crippen molar-refractivity contribution in [1.82, 2.24) is 5.32 Å². The average molecular weight is 309 g/mol. The zero-order chi connectivity index (χ0) is 13.8. The summed E-state index contributed by atoms with van der Waals surface area (Å²) >= 11 is 3.43. The van der Waals surface area contributed by atoms with E-state index in [9.17, 15) is 4.79 Å². The molecule has 4 heteroatoms. The van der Waals surface area contributed by atoms with Crippen LogP contribution in [0.5, 0.6) is 0 Å². The second kappa shape index (κ2) is 6.01. The molecule has 0 saturated heterocycles. The molecule has 18 heavy (non-hydrogen) atoms. The van der Waals surface area contributed by atoms with Crippen LogP contribution < -0.4 is 5.32 Å². The molecule has 96 valence electrons. The highest BCUT2D eigenvalue weighted by atomic mass is 79.9. The first-order valence-corrected chi connectivity index (χ1v) is 6.60. The fourth-order valence-corrected chi connectivity index (χ4v) is 1.90. The quantitative estimate of drug-likeness (QED) is 0.929. The maximum Gasteiger partial charge on any atom is 0.239 e. The Morgan fingerprint density at radius 1 is 1.50 bits per heavy atom. The normalized spacial score (nSPS) is 10.8. The lowest BCUT2D eigenvalue weighted by molar-refractivity contribution is -0.126. The molecule has 1 aromatic rings. The standard InChI is InChI=1S/C14H17BrN2O/c1-10-4-5-12(15)8-11(10)6-7-17-13(18)14(2,3)9-16/h4-5,8H,6-7H2,1-3H3,(H,17,18). The number of hydrogen-bond acceptors (Lipinski definition) is 2. The average Bonchev–Trinajstić information content (AvgIpc) is 2.33. The first kappa shape index (κ1) is 14.7. The maximum absolute atomic E-state index is 11.7. The van der Waals surface area contributed by atoms with E-state index in [0.29, 0.717) is 6.54 Å². The molecule has 0 bridgehead atoms. The molecule has 1 aromatic carbocycles. The number of carbonyl (C=O) groups excluding carboxylic acids is 1. The van der Waals surface area contributed by atoms with Gasteiger partial charge in [0, 0.05) is 11.0 Å². The summed E-state index contributed by atoms with van der Waals surface area (Å²) in [6.07, 6.45) is 0.762. The predicted molar refractivity (Wildman–Crippen MR) is 75.0 cm³/mol. The number of rotatable bonds is 4. The summed E-state index contributed by atoms with van der Waals surface area (Å²) in [5, 5.41) is 11.6. The van der Waals surface area contributed by atoms with E-state index in [4.69, 9.17) is 5.26 Å². The third-order valence-electron chi connectivity index (χ3n) is 2.84. The number of nitrogens with zero attached hydrogens (tertiary/aromatic N) is 1. The summed E-state index contributed by atoms with van der Waals surface area (Å²) in [5.74, 6) is -0.224. The molecule has 1 amide bonds. The van der Waals surface area contributed by atoms with Crippen molar-refractivity contribution < 1.29 is 4.79 Å². The van der Waals surface area contributed by atoms with E-state index in [2.05, 4.69) is 27.3 Å². The molecule has 0 saturated carbocycles. The Balaban J connectivity index is 2.55. The topological polar surface area (TPSA) is 52.9 Å². The zero-order valence-corrected chi connectivity index (χ0v) is 12.5. The van der Waals surface area contributed by atoms with Crippen molar-refractivity contribution in [2.75, 3.05) is 6.54 Å². The largest absolute Gasteiger partial charge is 0.354 e. The van der Waals surface area contributed by atoms with Gasteiger partial charge in [-0.05, 0) is 50.5 Å². The van der Waals surface area contributed by atoms with Gasteiger partial charge in [0.1, 0.15) is 5.41 Å². The van der Waals surface area contributed by atoms with Crippen LogP contribution in [0.15, 0.2) is 22.7 Å². The first-order chi connectivity index (χ1) is 8.36. The fourth-order valence-electron chi connectivity index (χ4n) is 1.49. The number of carbonyl (C=O) groups is 1. The summed E-state index contributed by atoms with van der Waals surface area (Å²) in [6.45, 7) is 5.82. The third-order valence-corrected chi connectivity index (χ3v) is 3.33. The number of halogens is 1. The van der Waals surface area contributed by atoms with Crippen LogP contribution in [0.3, 0.4) is 0 Å². The number of hydrogen-bond donors (Lipinski definition) is 1. The van der Waals surface area contributed by atoms with Crippen molar-refractivity contribution in [3.63, 3.8) is 0 Å². The number of nitriles is 1. The smallest absolute Gasteiger partial charge is 0.239 e. The van der Waals surface area contributed by atoms with E-state index in [1.807, 2.05) is 25.1 Å². The van der Waals surface area contributed by atoms with E-state index in [1.54, 1.807) is 13.8 Å². The summed E-state index contributed by atoms with van der Waals surface area (Å²) in [6, 6.07) is 8.08. The Morgan fingerprint density at radius 3 is 2.78 bits per heavy atom. The lowest BCUT2D eigenvalue weighted by atomic mass is 9.94. The van der Waals surface area contributed by atoms with Crippen LogP contribution >= 0.6 is 15.9 Å². The molecule has 0 unspecified atom stereocenters. The van der Waals surface area contributed by atoms with Crippen molar-refractivity contribution >= 4 is 21.8 Å². The minimum atomic E-state index is -0.966.